The number of aromatic nitrogens is 2. The van der Waals surface area contributed by atoms with Crippen LogP contribution in [0.2, 0.25) is 0 Å². The monoisotopic (exact) mass is 516 g/mol. The van der Waals surface area contributed by atoms with Gasteiger partial charge in [0, 0.05) is 31.7 Å². The van der Waals surface area contributed by atoms with Gasteiger partial charge in [0.2, 0.25) is 11.8 Å². The van der Waals surface area contributed by atoms with E-state index in [0.29, 0.717) is 37.2 Å². The molecule has 6 rings (SSSR count). The fourth-order valence-corrected chi connectivity index (χ4v) is 5.68. The number of para-hydroxylation sites is 1. The van der Waals surface area contributed by atoms with Crippen LogP contribution < -0.4 is 24.0 Å². The predicted octanol–water partition coefficient (Wildman–Crippen LogP) is 4.51. The fraction of sp³-hybridized carbons (Fsp3) is 0.467. The van der Waals surface area contributed by atoms with E-state index >= 15 is 0 Å². The summed E-state index contributed by atoms with van der Waals surface area (Å²) in [6.45, 7) is 4.43. The van der Waals surface area contributed by atoms with Gasteiger partial charge < -0.3 is 28.7 Å². The molecule has 0 N–H and O–H groups in total. The van der Waals surface area contributed by atoms with Crippen molar-refractivity contribution < 1.29 is 18.9 Å². The molecule has 1 saturated carbocycles. The molecule has 200 valence electrons. The highest BCUT2D eigenvalue weighted by Crippen LogP contribution is 2.56. The van der Waals surface area contributed by atoms with Crippen LogP contribution in [0.3, 0.4) is 0 Å². The second kappa shape index (κ2) is 10.7. The van der Waals surface area contributed by atoms with Gasteiger partial charge in [-0.25, -0.2) is 0 Å². The zero-order chi connectivity index (χ0) is 26.0. The van der Waals surface area contributed by atoms with Crippen LogP contribution in [-0.2, 0) is 17.8 Å². The quantitative estimate of drug-likeness (QED) is 0.412. The van der Waals surface area contributed by atoms with Crippen molar-refractivity contribution in [1.82, 2.24) is 9.97 Å². The smallest absolute Gasteiger partial charge is 0.230 e. The SMILES string of the molecule is COc1ccc(COc2cc(N3CCOCC3)nc(N3CC4(CC4)CC3Cc3ccccc3OC)n2)cc1. The summed E-state index contributed by atoms with van der Waals surface area (Å²) in [5.41, 5.74) is 2.67. The van der Waals surface area contributed by atoms with Crippen LogP contribution >= 0.6 is 0 Å². The van der Waals surface area contributed by atoms with Crippen molar-refractivity contribution in [1.29, 1.82) is 0 Å². The van der Waals surface area contributed by atoms with Crippen molar-refractivity contribution >= 4 is 11.8 Å². The van der Waals surface area contributed by atoms with E-state index in [-0.39, 0.29) is 0 Å². The molecule has 8 heteroatoms. The molecule has 3 aliphatic rings. The Morgan fingerprint density at radius 3 is 2.50 bits per heavy atom. The molecule has 8 nitrogen and oxygen atoms in total. The topological polar surface area (TPSA) is 69.2 Å². The molecular weight excluding hydrogens is 480 g/mol. The zero-order valence-electron chi connectivity index (χ0n) is 22.3. The molecule has 3 heterocycles. The van der Waals surface area contributed by atoms with Gasteiger partial charge in [0.05, 0.1) is 27.4 Å². The normalized spacial score (nSPS) is 20.0. The molecule has 1 aliphatic carbocycles. The van der Waals surface area contributed by atoms with Crippen molar-refractivity contribution in [3.8, 4) is 17.4 Å². The van der Waals surface area contributed by atoms with E-state index in [4.69, 9.17) is 28.9 Å². The van der Waals surface area contributed by atoms with Crippen LogP contribution in [0, 0.1) is 5.41 Å². The van der Waals surface area contributed by atoms with Crippen molar-refractivity contribution in [2.75, 3.05) is 56.9 Å². The van der Waals surface area contributed by atoms with Gasteiger partial charge in [-0.1, -0.05) is 30.3 Å². The van der Waals surface area contributed by atoms with Gasteiger partial charge in [-0.05, 0) is 60.4 Å². The maximum Gasteiger partial charge on any atom is 0.230 e. The first kappa shape index (κ1) is 24.8. The van der Waals surface area contributed by atoms with E-state index in [1.165, 1.54) is 18.4 Å². The number of methoxy groups -OCH3 is 2. The Hall–Kier alpha value is -3.52. The second-order valence-corrected chi connectivity index (χ2v) is 10.6. The zero-order valence-corrected chi connectivity index (χ0v) is 22.3. The molecule has 2 aromatic carbocycles. The van der Waals surface area contributed by atoms with E-state index < -0.39 is 0 Å². The van der Waals surface area contributed by atoms with E-state index in [0.717, 1.165) is 61.3 Å². The summed E-state index contributed by atoms with van der Waals surface area (Å²) >= 11 is 0. The predicted molar refractivity (Wildman–Crippen MR) is 147 cm³/mol. The lowest BCUT2D eigenvalue weighted by Crippen LogP contribution is -2.38. The van der Waals surface area contributed by atoms with Crippen LogP contribution in [0.4, 0.5) is 11.8 Å². The molecule has 2 saturated heterocycles. The molecule has 1 spiro atoms. The lowest BCUT2D eigenvalue weighted by molar-refractivity contribution is 0.122. The van der Waals surface area contributed by atoms with Crippen molar-refractivity contribution in [3.05, 3.63) is 65.7 Å². The molecule has 0 amide bonds. The van der Waals surface area contributed by atoms with Gasteiger partial charge in [-0.2, -0.15) is 9.97 Å². The number of nitrogens with zero attached hydrogens (tertiary/aromatic N) is 4. The lowest BCUT2D eigenvalue weighted by Gasteiger charge is -2.30. The molecule has 2 aliphatic heterocycles. The number of morpholine rings is 1. The number of anilines is 2. The standard InChI is InChI=1S/C30H36N4O4/c1-35-25-9-7-22(8-10-25)20-38-28-18-27(33-13-15-37-16-14-33)31-29(32-28)34-21-30(11-12-30)19-24(34)17-23-5-3-4-6-26(23)36-2/h3-10,18,24H,11-17,19-21H2,1-2H3. The molecule has 3 aromatic rings. The summed E-state index contributed by atoms with van der Waals surface area (Å²) in [6, 6.07) is 18.5. The fourth-order valence-electron chi connectivity index (χ4n) is 5.68. The number of rotatable bonds is 9. The molecule has 1 atom stereocenters. The molecule has 3 fully saturated rings. The van der Waals surface area contributed by atoms with Gasteiger partial charge in [-0.15, -0.1) is 0 Å². The third-order valence-corrected chi connectivity index (χ3v) is 8.04. The van der Waals surface area contributed by atoms with E-state index in [9.17, 15) is 0 Å². The van der Waals surface area contributed by atoms with Crippen molar-refractivity contribution in [3.63, 3.8) is 0 Å². The Morgan fingerprint density at radius 1 is 0.974 bits per heavy atom. The number of hydrogen-bond acceptors (Lipinski definition) is 8. The Balaban J connectivity index is 1.29. The first-order valence-electron chi connectivity index (χ1n) is 13.5. The summed E-state index contributed by atoms with van der Waals surface area (Å²) < 4.78 is 22.8. The van der Waals surface area contributed by atoms with Gasteiger partial charge in [-0.3, -0.25) is 0 Å². The van der Waals surface area contributed by atoms with E-state index in [2.05, 4.69) is 21.9 Å². The Morgan fingerprint density at radius 2 is 1.76 bits per heavy atom. The molecule has 1 aromatic heterocycles. The molecule has 0 bridgehead atoms. The highest BCUT2D eigenvalue weighted by molar-refractivity contribution is 5.50. The van der Waals surface area contributed by atoms with Crippen LogP contribution in [0.25, 0.3) is 0 Å². The molecule has 1 unspecified atom stereocenters. The van der Waals surface area contributed by atoms with E-state index in [1.54, 1.807) is 14.2 Å². The summed E-state index contributed by atoms with van der Waals surface area (Å²) in [4.78, 5) is 14.8. The Labute approximate surface area is 224 Å². The third kappa shape index (κ3) is 5.36. The Bertz CT molecular complexity index is 1240. The minimum absolute atomic E-state index is 0.308. The summed E-state index contributed by atoms with van der Waals surface area (Å²) in [5, 5.41) is 0. The average molecular weight is 517 g/mol. The summed E-state index contributed by atoms with van der Waals surface area (Å²) in [7, 11) is 3.42. The lowest BCUT2D eigenvalue weighted by atomic mass is 9.98. The number of ether oxygens (including phenoxy) is 4. The minimum atomic E-state index is 0.308. The number of hydrogen-bond donors (Lipinski definition) is 0. The van der Waals surface area contributed by atoms with Gasteiger partial charge in [0.25, 0.3) is 0 Å². The maximum absolute atomic E-state index is 6.26. The molecule has 38 heavy (non-hydrogen) atoms. The van der Waals surface area contributed by atoms with Crippen LogP contribution in [0.5, 0.6) is 17.4 Å². The van der Waals surface area contributed by atoms with Gasteiger partial charge >= 0.3 is 0 Å². The largest absolute Gasteiger partial charge is 0.497 e. The third-order valence-electron chi connectivity index (χ3n) is 8.04. The van der Waals surface area contributed by atoms with Crippen LogP contribution in [-0.4, -0.2) is 63.1 Å². The summed E-state index contributed by atoms with van der Waals surface area (Å²) in [6.07, 6.45) is 4.60. The molecule has 0 radical (unpaired) electrons. The first-order chi connectivity index (χ1) is 18.6. The van der Waals surface area contributed by atoms with Crippen LogP contribution in [0.1, 0.15) is 30.4 Å². The van der Waals surface area contributed by atoms with Gasteiger partial charge in [0.15, 0.2) is 0 Å². The second-order valence-electron chi connectivity index (χ2n) is 10.6. The molecular formula is C30H36N4O4. The van der Waals surface area contributed by atoms with Gasteiger partial charge in [0.1, 0.15) is 23.9 Å². The average Bonchev–Trinajstić information content (AvgIpc) is 3.64. The number of benzene rings is 2. The minimum Gasteiger partial charge on any atom is -0.497 e. The highest BCUT2D eigenvalue weighted by Gasteiger charge is 2.52. The Kier molecular flexibility index (Phi) is 6.98. The van der Waals surface area contributed by atoms with E-state index in [1.807, 2.05) is 42.5 Å². The van der Waals surface area contributed by atoms with Crippen molar-refractivity contribution in [2.24, 2.45) is 5.41 Å². The maximum atomic E-state index is 6.26. The van der Waals surface area contributed by atoms with Crippen LogP contribution in [0.15, 0.2) is 54.6 Å². The summed E-state index contributed by atoms with van der Waals surface area (Å²) in [5.74, 6) is 4.02. The highest BCUT2D eigenvalue weighted by atomic mass is 16.5. The first-order valence-corrected chi connectivity index (χ1v) is 13.5. The van der Waals surface area contributed by atoms with Crippen molar-refractivity contribution in [2.45, 2.75) is 38.3 Å².